The maximum absolute atomic E-state index is 12.0. The van der Waals surface area contributed by atoms with Crippen LogP contribution in [0, 0.1) is 5.92 Å². The zero-order valence-corrected chi connectivity index (χ0v) is 12.5. The molecule has 1 N–H and O–H groups in total. The molecule has 1 aliphatic heterocycles. The fraction of sp³-hybridized carbons (Fsp3) is 0.733. The molecule has 2 fully saturated rings. The predicted octanol–water partition coefficient (Wildman–Crippen LogP) is 1.64. The van der Waals surface area contributed by atoms with Crippen LogP contribution in [0.1, 0.15) is 37.8 Å². The van der Waals surface area contributed by atoms with Crippen LogP contribution in [-0.2, 0) is 17.4 Å². The molecular formula is C15H23N3O3. The Morgan fingerprint density at radius 3 is 2.76 bits per heavy atom. The fourth-order valence-electron chi connectivity index (χ4n) is 3.34. The molecule has 1 aliphatic carbocycles. The largest absolute Gasteiger partial charge is 0.449 e. The molecule has 1 aromatic rings. The molecule has 0 unspecified atom stereocenters. The van der Waals surface area contributed by atoms with Crippen LogP contribution in [0.5, 0.6) is 0 Å². The number of carbonyl (C=O) groups excluding carboxylic acids is 1. The predicted molar refractivity (Wildman–Crippen MR) is 76.6 cm³/mol. The maximum atomic E-state index is 12.0. The van der Waals surface area contributed by atoms with Gasteiger partial charge in [0, 0.05) is 13.2 Å². The second-order valence-electron chi connectivity index (χ2n) is 6.31. The van der Waals surface area contributed by atoms with Crippen molar-refractivity contribution in [3.8, 4) is 0 Å². The summed E-state index contributed by atoms with van der Waals surface area (Å²) >= 11 is 0. The molecule has 1 saturated heterocycles. The molecule has 1 saturated carbocycles. The van der Waals surface area contributed by atoms with E-state index in [2.05, 4.69) is 5.10 Å². The molecule has 6 heteroatoms. The number of ether oxygens (including phenoxy) is 1. The first kappa shape index (κ1) is 14.4. The van der Waals surface area contributed by atoms with Crippen LogP contribution in [0.3, 0.4) is 0 Å². The van der Waals surface area contributed by atoms with Crippen molar-refractivity contribution in [2.24, 2.45) is 13.0 Å². The first-order valence-corrected chi connectivity index (χ1v) is 7.71. The third-order valence-electron chi connectivity index (χ3n) is 4.63. The minimum absolute atomic E-state index is 0.274. The zero-order chi connectivity index (χ0) is 14.9. The van der Waals surface area contributed by atoms with Crippen molar-refractivity contribution in [1.82, 2.24) is 14.7 Å². The summed E-state index contributed by atoms with van der Waals surface area (Å²) < 4.78 is 7.02. The van der Waals surface area contributed by atoms with Crippen LogP contribution in [0.25, 0.3) is 0 Å². The second-order valence-corrected chi connectivity index (χ2v) is 6.31. The van der Waals surface area contributed by atoms with Gasteiger partial charge in [-0.05, 0) is 24.8 Å². The van der Waals surface area contributed by atoms with Crippen molar-refractivity contribution in [2.75, 3.05) is 19.7 Å². The summed E-state index contributed by atoms with van der Waals surface area (Å²) in [6.07, 6.45) is 7.44. The number of nitrogens with zero attached hydrogens (tertiary/aromatic N) is 3. The molecular weight excluding hydrogens is 270 g/mol. The average Bonchev–Trinajstić information content (AvgIpc) is 2.89. The molecule has 3 rings (SSSR count). The Bertz CT molecular complexity index is 502. The summed E-state index contributed by atoms with van der Waals surface area (Å²) in [6, 6.07) is 1.78. The number of likely N-dealkylation sites (tertiary alicyclic amines) is 1. The van der Waals surface area contributed by atoms with Crippen LogP contribution in [0.2, 0.25) is 0 Å². The number of aliphatic hydroxyl groups is 1. The Balaban J connectivity index is 1.47. The van der Waals surface area contributed by atoms with Crippen LogP contribution in [-0.4, -0.2) is 45.6 Å². The van der Waals surface area contributed by atoms with Gasteiger partial charge in [0.2, 0.25) is 0 Å². The smallest absolute Gasteiger partial charge is 0.409 e. The van der Waals surface area contributed by atoms with E-state index < -0.39 is 5.60 Å². The number of hydrogen-bond acceptors (Lipinski definition) is 4. The van der Waals surface area contributed by atoms with Gasteiger partial charge in [0.15, 0.2) is 0 Å². The van der Waals surface area contributed by atoms with Gasteiger partial charge in [-0.3, -0.25) is 4.68 Å². The highest BCUT2D eigenvalue weighted by Crippen LogP contribution is 2.32. The highest BCUT2D eigenvalue weighted by atomic mass is 16.6. The van der Waals surface area contributed by atoms with E-state index in [0.717, 1.165) is 18.5 Å². The number of rotatable bonds is 3. The van der Waals surface area contributed by atoms with Gasteiger partial charge in [-0.25, -0.2) is 4.79 Å². The minimum Gasteiger partial charge on any atom is -0.449 e. The van der Waals surface area contributed by atoms with Gasteiger partial charge in [0.05, 0.1) is 25.4 Å². The highest BCUT2D eigenvalue weighted by Gasteiger charge is 2.47. The molecule has 0 atom stereocenters. The lowest BCUT2D eigenvalue weighted by Crippen LogP contribution is -2.62. The lowest BCUT2D eigenvalue weighted by Gasteiger charge is -2.45. The first-order valence-electron chi connectivity index (χ1n) is 7.71. The minimum atomic E-state index is -0.991. The van der Waals surface area contributed by atoms with Gasteiger partial charge in [-0.2, -0.15) is 5.10 Å². The van der Waals surface area contributed by atoms with E-state index in [0.29, 0.717) is 12.5 Å². The van der Waals surface area contributed by atoms with Crippen molar-refractivity contribution < 1.29 is 14.6 Å². The molecule has 21 heavy (non-hydrogen) atoms. The van der Waals surface area contributed by atoms with Crippen molar-refractivity contribution >= 4 is 6.09 Å². The van der Waals surface area contributed by atoms with Gasteiger partial charge >= 0.3 is 6.09 Å². The Labute approximate surface area is 124 Å². The first-order chi connectivity index (χ1) is 10.1. The second kappa shape index (κ2) is 5.67. The van der Waals surface area contributed by atoms with Crippen LogP contribution >= 0.6 is 0 Å². The van der Waals surface area contributed by atoms with E-state index in [4.69, 9.17) is 4.74 Å². The maximum Gasteiger partial charge on any atom is 0.409 e. The summed E-state index contributed by atoms with van der Waals surface area (Å²) in [6.45, 7) is 1.06. The van der Waals surface area contributed by atoms with Gasteiger partial charge < -0.3 is 14.7 Å². The van der Waals surface area contributed by atoms with Crippen molar-refractivity contribution in [1.29, 1.82) is 0 Å². The summed E-state index contributed by atoms with van der Waals surface area (Å²) in [5.74, 6) is 0.514. The van der Waals surface area contributed by atoms with Crippen molar-refractivity contribution in [3.05, 3.63) is 18.0 Å². The number of hydrogen-bond donors (Lipinski definition) is 1. The Morgan fingerprint density at radius 2 is 2.14 bits per heavy atom. The molecule has 0 bridgehead atoms. The van der Waals surface area contributed by atoms with Gasteiger partial charge in [0.1, 0.15) is 5.60 Å². The zero-order valence-electron chi connectivity index (χ0n) is 12.5. The van der Waals surface area contributed by atoms with E-state index >= 15 is 0 Å². The van der Waals surface area contributed by atoms with Crippen LogP contribution < -0.4 is 0 Å². The lowest BCUT2D eigenvalue weighted by atomic mass is 9.90. The molecule has 2 aliphatic rings. The normalized spacial score (nSPS) is 21.9. The monoisotopic (exact) mass is 293 g/mol. The number of aryl methyl sites for hydroxylation is 1. The number of β-amino-alcohol motifs (C(OH)–C–C–N with tert-alkyl or cyclic N) is 1. The number of aromatic nitrogens is 2. The van der Waals surface area contributed by atoms with Crippen LogP contribution in [0.4, 0.5) is 4.79 Å². The molecule has 116 valence electrons. The molecule has 1 aromatic heterocycles. The number of carbonyl (C=O) groups is 1. The van der Waals surface area contributed by atoms with Gasteiger partial charge in [0.25, 0.3) is 0 Å². The molecule has 1 amide bonds. The third kappa shape index (κ3) is 2.90. The van der Waals surface area contributed by atoms with Crippen molar-refractivity contribution in [2.45, 2.75) is 37.7 Å². The topological polar surface area (TPSA) is 67.6 Å². The summed E-state index contributed by atoms with van der Waals surface area (Å²) in [5, 5.41) is 14.5. The Hall–Kier alpha value is -1.56. The Kier molecular flexibility index (Phi) is 3.89. The Morgan fingerprint density at radius 1 is 1.43 bits per heavy atom. The summed E-state index contributed by atoms with van der Waals surface area (Å²) in [7, 11) is 1.79. The molecule has 0 spiro atoms. The quantitative estimate of drug-likeness (QED) is 0.920. The molecule has 0 aromatic carbocycles. The van der Waals surface area contributed by atoms with Crippen molar-refractivity contribution in [3.63, 3.8) is 0 Å². The van der Waals surface area contributed by atoms with Crippen LogP contribution in [0.15, 0.2) is 12.3 Å². The number of amides is 1. The molecule has 0 radical (unpaired) electrons. The molecule has 6 nitrogen and oxygen atoms in total. The molecule has 2 heterocycles. The van der Waals surface area contributed by atoms with E-state index in [-0.39, 0.29) is 19.2 Å². The van der Waals surface area contributed by atoms with E-state index in [1.165, 1.54) is 19.3 Å². The van der Waals surface area contributed by atoms with Gasteiger partial charge in [-0.1, -0.05) is 19.3 Å². The third-order valence-corrected chi connectivity index (χ3v) is 4.63. The van der Waals surface area contributed by atoms with Gasteiger partial charge in [-0.15, -0.1) is 0 Å². The van der Waals surface area contributed by atoms with E-state index in [9.17, 15) is 9.90 Å². The summed E-state index contributed by atoms with van der Waals surface area (Å²) in [5.41, 5.74) is -0.256. The summed E-state index contributed by atoms with van der Waals surface area (Å²) in [4.78, 5) is 13.5. The highest BCUT2D eigenvalue weighted by molar-refractivity contribution is 5.69. The van der Waals surface area contributed by atoms with E-state index in [1.807, 2.05) is 0 Å². The fourth-order valence-corrected chi connectivity index (χ4v) is 3.34. The lowest BCUT2D eigenvalue weighted by molar-refractivity contribution is -0.100. The average molecular weight is 293 g/mol. The SMILES string of the molecule is Cn1nccc1C1(O)CN(C(=O)OCC2CCCCC2)C1. The van der Waals surface area contributed by atoms with E-state index in [1.54, 1.807) is 28.9 Å². The standard InChI is InChI=1S/C15H23N3O3/c1-17-13(7-8-16-17)15(20)10-18(11-15)14(19)21-9-12-5-3-2-4-6-12/h7-8,12,20H,2-6,9-11H2,1H3.